The first kappa shape index (κ1) is 12.7. The van der Waals surface area contributed by atoms with Crippen LogP contribution in [0.2, 0.25) is 0 Å². The molecule has 0 aliphatic carbocycles. The minimum atomic E-state index is -0.483. The Morgan fingerprint density at radius 2 is 2.33 bits per heavy atom. The Morgan fingerprint density at radius 1 is 1.61 bits per heavy atom. The van der Waals surface area contributed by atoms with Crippen molar-refractivity contribution in [3.05, 3.63) is 18.2 Å². The number of piperazine rings is 1. The molecule has 1 aromatic rings. The zero-order valence-electron chi connectivity index (χ0n) is 10.2. The van der Waals surface area contributed by atoms with E-state index in [1.165, 1.54) is 0 Å². The molecule has 0 aromatic carbocycles. The van der Waals surface area contributed by atoms with Crippen molar-refractivity contribution in [2.24, 2.45) is 0 Å². The van der Waals surface area contributed by atoms with Gasteiger partial charge in [0, 0.05) is 26.2 Å². The van der Waals surface area contributed by atoms with Gasteiger partial charge in [0.05, 0.1) is 12.4 Å². The number of anilines is 1. The average molecular weight is 253 g/mol. The number of aromatic nitrogens is 2. The van der Waals surface area contributed by atoms with Crippen LogP contribution >= 0.6 is 0 Å². The zero-order chi connectivity index (χ0) is 13.0. The van der Waals surface area contributed by atoms with Crippen LogP contribution < -0.4 is 15.5 Å². The van der Waals surface area contributed by atoms with Gasteiger partial charge in [0.2, 0.25) is 11.9 Å². The van der Waals surface area contributed by atoms with E-state index in [9.17, 15) is 9.18 Å². The molecule has 6 nitrogen and oxygen atoms in total. The molecule has 1 amide bonds. The molecule has 7 heteroatoms. The summed E-state index contributed by atoms with van der Waals surface area (Å²) in [4.78, 5) is 21.6. The molecule has 98 valence electrons. The van der Waals surface area contributed by atoms with Gasteiger partial charge in [-0.2, -0.15) is 0 Å². The van der Waals surface area contributed by atoms with Crippen LogP contribution in [-0.2, 0) is 4.79 Å². The van der Waals surface area contributed by atoms with E-state index >= 15 is 0 Å². The Kier molecular flexibility index (Phi) is 4.03. The summed E-state index contributed by atoms with van der Waals surface area (Å²) >= 11 is 0. The van der Waals surface area contributed by atoms with Gasteiger partial charge < -0.3 is 15.5 Å². The number of halogens is 1. The fourth-order valence-electron chi connectivity index (χ4n) is 1.92. The highest BCUT2D eigenvalue weighted by atomic mass is 19.1. The van der Waals surface area contributed by atoms with Crippen LogP contribution in [0.1, 0.15) is 6.92 Å². The summed E-state index contributed by atoms with van der Waals surface area (Å²) in [5.41, 5.74) is 0. The Hall–Kier alpha value is -1.76. The van der Waals surface area contributed by atoms with Gasteiger partial charge in [-0.05, 0) is 6.92 Å². The average Bonchev–Trinajstić information content (AvgIpc) is 2.40. The second kappa shape index (κ2) is 5.72. The molecule has 2 heterocycles. The van der Waals surface area contributed by atoms with Crippen LogP contribution in [-0.4, -0.2) is 48.1 Å². The second-order valence-electron chi connectivity index (χ2n) is 4.01. The molecule has 1 saturated heterocycles. The van der Waals surface area contributed by atoms with Crippen LogP contribution in [0.3, 0.4) is 0 Å². The van der Waals surface area contributed by atoms with Crippen molar-refractivity contribution in [1.29, 1.82) is 0 Å². The standard InChI is InChI=1S/C11H16FN5O/c1-2-14-10(18)9-7-13-3-4-17(9)11-15-5-8(12)6-16-11/h5-6,9,13H,2-4,7H2,1H3,(H,14,18). The monoisotopic (exact) mass is 253 g/mol. The second-order valence-corrected chi connectivity index (χ2v) is 4.01. The topological polar surface area (TPSA) is 70.2 Å². The Morgan fingerprint density at radius 3 is 3.00 bits per heavy atom. The Labute approximate surface area is 105 Å². The largest absolute Gasteiger partial charge is 0.355 e. The SMILES string of the molecule is CCNC(=O)C1CNCCN1c1ncc(F)cn1. The number of nitrogens with zero attached hydrogens (tertiary/aromatic N) is 3. The molecule has 1 unspecified atom stereocenters. The molecular weight excluding hydrogens is 237 g/mol. The highest BCUT2D eigenvalue weighted by Gasteiger charge is 2.29. The molecule has 0 radical (unpaired) electrons. The Bertz CT molecular complexity index is 410. The van der Waals surface area contributed by atoms with Gasteiger partial charge in [0.25, 0.3) is 0 Å². The maximum absolute atomic E-state index is 12.8. The number of hydrogen-bond donors (Lipinski definition) is 2. The Balaban J connectivity index is 2.17. The minimum Gasteiger partial charge on any atom is -0.355 e. The van der Waals surface area contributed by atoms with E-state index in [0.717, 1.165) is 18.9 Å². The summed E-state index contributed by atoms with van der Waals surface area (Å²) in [7, 11) is 0. The summed E-state index contributed by atoms with van der Waals surface area (Å²) in [6.45, 7) is 4.34. The maximum atomic E-state index is 12.8. The van der Waals surface area contributed by atoms with Gasteiger partial charge in [0.1, 0.15) is 6.04 Å². The third kappa shape index (κ3) is 2.73. The molecule has 1 atom stereocenters. The van der Waals surface area contributed by atoms with Gasteiger partial charge in [-0.15, -0.1) is 0 Å². The molecular formula is C11H16FN5O. The fourth-order valence-corrected chi connectivity index (χ4v) is 1.92. The van der Waals surface area contributed by atoms with E-state index in [1.807, 2.05) is 6.92 Å². The van der Waals surface area contributed by atoms with Gasteiger partial charge in [-0.25, -0.2) is 14.4 Å². The van der Waals surface area contributed by atoms with Crippen LogP contribution in [0.4, 0.5) is 10.3 Å². The first-order chi connectivity index (χ1) is 8.72. The lowest BCUT2D eigenvalue weighted by atomic mass is 10.2. The molecule has 0 spiro atoms. The molecule has 0 bridgehead atoms. The molecule has 0 saturated carbocycles. The van der Waals surface area contributed by atoms with Crippen molar-refractivity contribution in [3.8, 4) is 0 Å². The van der Waals surface area contributed by atoms with Gasteiger partial charge in [-0.1, -0.05) is 0 Å². The third-order valence-corrected chi connectivity index (χ3v) is 2.76. The molecule has 1 fully saturated rings. The normalized spacial score (nSPS) is 19.7. The van der Waals surface area contributed by atoms with Crippen molar-refractivity contribution < 1.29 is 9.18 Å². The molecule has 2 N–H and O–H groups in total. The number of amides is 1. The highest BCUT2D eigenvalue weighted by Crippen LogP contribution is 2.12. The van der Waals surface area contributed by atoms with E-state index in [2.05, 4.69) is 20.6 Å². The molecule has 1 aliphatic rings. The van der Waals surface area contributed by atoms with Crippen LogP contribution in [0.5, 0.6) is 0 Å². The van der Waals surface area contributed by atoms with Crippen molar-refractivity contribution in [2.45, 2.75) is 13.0 Å². The number of carbonyl (C=O) groups is 1. The van der Waals surface area contributed by atoms with Crippen LogP contribution in [0.25, 0.3) is 0 Å². The van der Waals surface area contributed by atoms with E-state index in [0.29, 0.717) is 25.6 Å². The zero-order valence-corrected chi connectivity index (χ0v) is 10.2. The summed E-state index contributed by atoms with van der Waals surface area (Å²) in [5, 5.41) is 5.93. The van der Waals surface area contributed by atoms with Gasteiger partial charge >= 0.3 is 0 Å². The number of rotatable bonds is 3. The first-order valence-electron chi connectivity index (χ1n) is 5.95. The summed E-state index contributed by atoms with van der Waals surface area (Å²) in [6, 6.07) is -0.357. The number of likely N-dealkylation sites (N-methyl/N-ethyl adjacent to an activating group) is 1. The van der Waals surface area contributed by atoms with E-state index in [-0.39, 0.29) is 11.9 Å². The van der Waals surface area contributed by atoms with E-state index in [4.69, 9.17) is 0 Å². The van der Waals surface area contributed by atoms with Crippen molar-refractivity contribution in [2.75, 3.05) is 31.1 Å². The lowest BCUT2D eigenvalue weighted by Gasteiger charge is -2.34. The van der Waals surface area contributed by atoms with Crippen molar-refractivity contribution in [3.63, 3.8) is 0 Å². The number of nitrogens with one attached hydrogen (secondary N) is 2. The molecule has 2 rings (SSSR count). The van der Waals surface area contributed by atoms with Gasteiger partial charge in [0.15, 0.2) is 5.82 Å². The summed E-state index contributed by atoms with van der Waals surface area (Å²) < 4.78 is 12.8. The van der Waals surface area contributed by atoms with E-state index in [1.54, 1.807) is 4.90 Å². The minimum absolute atomic E-state index is 0.0716. The van der Waals surface area contributed by atoms with Crippen molar-refractivity contribution in [1.82, 2.24) is 20.6 Å². The summed E-state index contributed by atoms with van der Waals surface area (Å²) in [5.74, 6) is -0.171. The van der Waals surface area contributed by atoms with Crippen LogP contribution in [0.15, 0.2) is 12.4 Å². The number of carbonyl (C=O) groups excluding carboxylic acids is 1. The lowest BCUT2D eigenvalue weighted by molar-refractivity contribution is -0.122. The summed E-state index contributed by atoms with van der Waals surface area (Å²) in [6.07, 6.45) is 2.22. The van der Waals surface area contributed by atoms with Gasteiger partial charge in [-0.3, -0.25) is 4.79 Å². The predicted molar refractivity (Wildman–Crippen MR) is 64.7 cm³/mol. The molecule has 1 aromatic heterocycles. The maximum Gasteiger partial charge on any atom is 0.244 e. The molecule has 18 heavy (non-hydrogen) atoms. The quantitative estimate of drug-likeness (QED) is 0.762. The third-order valence-electron chi connectivity index (χ3n) is 2.76. The highest BCUT2D eigenvalue weighted by molar-refractivity contribution is 5.85. The first-order valence-corrected chi connectivity index (χ1v) is 5.95. The molecule has 1 aliphatic heterocycles. The predicted octanol–water partition coefficient (Wildman–Crippen LogP) is -0.470. The fraction of sp³-hybridized carbons (Fsp3) is 0.545. The smallest absolute Gasteiger partial charge is 0.244 e. The van der Waals surface area contributed by atoms with Crippen LogP contribution in [0, 0.1) is 5.82 Å². The van der Waals surface area contributed by atoms with Crippen molar-refractivity contribution >= 4 is 11.9 Å². The van der Waals surface area contributed by atoms with E-state index < -0.39 is 5.82 Å². The lowest BCUT2D eigenvalue weighted by Crippen LogP contribution is -2.58. The number of hydrogen-bond acceptors (Lipinski definition) is 5.